The zero-order valence-corrected chi connectivity index (χ0v) is 9.92. The van der Waals surface area contributed by atoms with Crippen LogP contribution in [0.15, 0.2) is 0 Å². The molecule has 0 spiro atoms. The Morgan fingerprint density at radius 1 is 0.556 bits per heavy atom. The van der Waals surface area contributed by atoms with Gasteiger partial charge in [-0.25, -0.2) is 0 Å². The van der Waals surface area contributed by atoms with Crippen molar-refractivity contribution >= 4 is 0 Å². The third-order valence-corrected chi connectivity index (χ3v) is 0. The van der Waals surface area contributed by atoms with E-state index in [1.54, 1.807) is 0 Å². The Morgan fingerprint density at radius 2 is 0.556 bits per heavy atom. The Balaban J connectivity index is 0. The largest absolute Gasteiger partial charge is 2.00 e. The van der Waals surface area contributed by atoms with Crippen LogP contribution in [0.25, 0.3) is 0 Å². The quantitative estimate of drug-likeness (QED) is 0.397. The maximum absolute atomic E-state index is 0. The monoisotopic (exact) mass is 331 g/mol. The summed E-state index contributed by atoms with van der Waals surface area (Å²) in [6.07, 6.45) is 0. The molecule has 0 aliphatic heterocycles. The van der Waals surface area contributed by atoms with E-state index in [1.807, 2.05) is 0 Å². The van der Waals surface area contributed by atoms with Crippen LogP contribution in [0.3, 0.4) is 0 Å². The van der Waals surface area contributed by atoms with Gasteiger partial charge in [0, 0.05) is 67.1 Å². The molecule has 0 aliphatic carbocycles. The minimum absolute atomic E-state index is 0. The van der Waals surface area contributed by atoms with E-state index in [0.717, 1.165) is 0 Å². The van der Waals surface area contributed by atoms with Gasteiger partial charge in [-0.15, -0.1) is 0 Å². The van der Waals surface area contributed by atoms with Crippen LogP contribution in [0.4, 0.5) is 0 Å². The van der Waals surface area contributed by atoms with Crippen molar-refractivity contribution in [3.05, 3.63) is 0 Å². The van der Waals surface area contributed by atoms with Crippen LogP contribution in [-0.2, 0) is 94.9 Å². The average Bonchev–Trinajstić information content (AvgIpc) is 0. The summed E-state index contributed by atoms with van der Waals surface area (Å²) in [5.74, 6) is 0. The zero-order valence-electron chi connectivity index (χ0n) is 4.54. The van der Waals surface area contributed by atoms with E-state index in [-0.39, 0.29) is 133 Å². The molecule has 0 aromatic heterocycles. The van der Waals surface area contributed by atoms with Crippen molar-refractivity contribution < 1.29 is 133 Å². The Bertz CT molecular complexity index is 20.5. The van der Waals surface area contributed by atoms with E-state index in [9.17, 15) is 0 Å². The van der Waals surface area contributed by atoms with Crippen molar-refractivity contribution in [2.24, 2.45) is 0 Å². The Labute approximate surface area is 131 Å². The van der Waals surface area contributed by atoms with Crippen molar-refractivity contribution in [1.82, 2.24) is 0 Å². The minimum Gasteiger partial charge on any atom is -2.00 e. The fraction of sp³-hybridized carbons (Fsp3) is 0. The maximum atomic E-state index is 0. The Morgan fingerprint density at radius 3 is 0.556 bits per heavy atom. The smallest absolute Gasteiger partial charge is 2.00 e. The molecular formula is CoLi2Mn2Ni2O2. The first-order valence-electron chi connectivity index (χ1n) is 0. The summed E-state index contributed by atoms with van der Waals surface area (Å²) in [4.78, 5) is 0. The van der Waals surface area contributed by atoms with E-state index in [2.05, 4.69) is 0 Å². The molecule has 0 atom stereocenters. The molecule has 0 N–H and O–H groups in total. The molecule has 0 aliphatic rings. The number of hydrogen-bond acceptors (Lipinski definition) is 0. The molecule has 0 amide bonds. The average molecular weight is 332 g/mol. The molecule has 0 heterocycles. The zero-order chi connectivity index (χ0) is 0. The molecule has 0 saturated carbocycles. The molecule has 0 aromatic rings. The van der Waals surface area contributed by atoms with E-state index in [1.165, 1.54) is 0 Å². The summed E-state index contributed by atoms with van der Waals surface area (Å²) in [7, 11) is 0. The van der Waals surface area contributed by atoms with Crippen molar-refractivity contribution in [1.29, 1.82) is 0 Å². The van der Waals surface area contributed by atoms with Crippen LogP contribution in [0.1, 0.15) is 0 Å². The van der Waals surface area contributed by atoms with Gasteiger partial charge < -0.3 is 11.0 Å². The van der Waals surface area contributed by atoms with Gasteiger partial charge >= 0.3 is 54.5 Å². The standard InChI is InChI=1S/Co.2Li.2Mn.2Ni.2O/q+2;2*+1;;;;;2*-2. The van der Waals surface area contributed by atoms with Gasteiger partial charge in [-0.05, 0) is 0 Å². The summed E-state index contributed by atoms with van der Waals surface area (Å²) in [6, 6.07) is 0. The van der Waals surface area contributed by atoms with Crippen LogP contribution in [0.2, 0.25) is 0 Å². The normalized spacial score (nSPS) is 0. The van der Waals surface area contributed by atoms with E-state index >= 15 is 0 Å². The summed E-state index contributed by atoms with van der Waals surface area (Å²) in [5.41, 5.74) is 0. The van der Waals surface area contributed by atoms with Crippen molar-refractivity contribution in [2.75, 3.05) is 0 Å². The fourth-order valence-corrected chi connectivity index (χ4v) is 0. The molecule has 0 rings (SSSR count). The van der Waals surface area contributed by atoms with Crippen LogP contribution >= 0.6 is 0 Å². The minimum atomic E-state index is 0. The summed E-state index contributed by atoms with van der Waals surface area (Å²) >= 11 is 0. The first-order chi connectivity index (χ1) is 0. The second-order valence-corrected chi connectivity index (χ2v) is 0. The first-order valence-corrected chi connectivity index (χ1v) is 0. The summed E-state index contributed by atoms with van der Waals surface area (Å²) in [6.45, 7) is 0. The van der Waals surface area contributed by atoms with Crippen molar-refractivity contribution in [2.45, 2.75) is 0 Å². The first kappa shape index (κ1) is 129. The van der Waals surface area contributed by atoms with Crippen LogP contribution in [0.5, 0.6) is 0 Å². The second kappa shape index (κ2) is 99.3. The van der Waals surface area contributed by atoms with E-state index < -0.39 is 0 Å². The Kier molecular flexibility index (Phi) is 1420. The van der Waals surface area contributed by atoms with Gasteiger partial charge in [-0.1, -0.05) is 0 Å². The van der Waals surface area contributed by atoms with E-state index in [4.69, 9.17) is 0 Å². The number of hydrogen-bond donors (Lipinski definition) is 0. The maximum Gasteiger partial charge on any atom is 2.00 e. The van der Waals surface area contributed by atoms with Gasteiger partial charge in [-0.2, -0.15) is 0 Å². The molecule has 3 radical (unpaired) electrons. The summed E-state index contributed by atoms with van der Waals surface area (Å²) in [5, 5.41) is 0. The molecule has 9 heavy (non-hydrogen) atoms. The van der Waals surface area contributed by atoms with Gasteiger partial charge in [0.2, 0.25) is 0 Å². The van der Waals surface area contributed by atoms with Crippen LogP contribution < -0.4 is 37.7 Å². The molecule has 57 valence electrons. The van der Waals surface area contributed by atoms with Gasteiger partial charge in [-0.3, -0.25) is 0 Å². The van der Waals surface area contributed by atoms with Crippen LogP contribution in [0, 0.1) is 0 Å². The van der Waals surface area contributed by atoms with Crippen molar-refractivity contribution in [3.63, 3.8) is 0 Å². The molecule has 0 bridgehead atoms. The van der Waals surface area contributed by atoms with Crippen molar-refractivity contribution in [3.8, 4) is 0 Å². The second-order valence-electron chi connectivity index (χ2n) is 0. The predicted molar refractivity (Wildman–Crippen MR) is 1.37 cm³/mol. The molecule has 2 nitrogen and oxygen atoms in total. The molecule has 0 fully saturated rings. The van der Waals surface area contributed by atoms with Crippen LogP contribution in [-0.4, -0.2) is 0 Å². The third-order valence-electron chi connectivity index (χ3n) is 0. The topological polar surface area (TPSA) is 57.0 Å². The molecule has 9 heteroatoms. The van der Waals surface area contributed by atoms with Gasteiger partial charge in [0.25, 0.3) is 0 Å². The SMILES string of the molecule is [Co+2].[Li+].[Li+].[Mn].[Mn].[Ni].[Ni].[O-2].[O-2]. The number of rotatable bonds is 0. The molecule has 0 saturated heterocycles. The molecular weight excluding hydrogens is 332 g/mol. The molecule has 0 unspecified atom stereocenters. The Hall–Kier alpha value is 3.65. The summed E-state index contributed by atoms with van der Waals surface area (Å²) < 4.78 is 0. The third kappa shape index (κ3) is 81.5. The van der Waals surface area contributed by atoms with Gasteiger partial charge in [0.1, 0.15) is 0 Å². The predicted octanol–water partition coefficient (Wildman–Crippen LogP) is -6.24. The molecule has 0 aromatic carbocycles. The van der Waals surface area contributed by atoms with Gasteiger partial charge in [0.15, 0.2) is 0 Å². The van der Waals surface area contributed by atoms with E-state index in [0.29, 0.717) is 0 Å². The van der Waals surface area contributed by atoms with Gasteiger partial charge in [0.05, 0.1) is 0 Å². The fourth-order valence-electron chi connectivity index (χ4n) is 0.